The fourth-order valence-electron chi connectivity index (χ4n) is 2.20. The van der Waals surface area contributed by atoms with Crippen molar-refractivity contribution in [3.05, 3.63) is 28.8 Å². The topological polar surface area (TPSA) is 61.2 Å². The molecule has 0 saturated carbocycles. The van der Waals surface area contributed by atoms with Crippen LogP contribution in [0.2, 0.25) is 5.02 Å². The van der Waals surface area contributed by atoms with Gasteiger partial charge in [0.25, 0.3) is 0 Å². The van der Waals surface area contributed by atoms with Crippen LogP contribution in [0.3, 0.4) is 0 Å². The van der Waals surface area contributed by atoms with E-state index >= 15 is 0 Å². The highest BCUT2D eigenvalue weighted by atomic mass is 35.5. The third kappa shape index (κ3) is 3.08. The van der Waals surface area contributed by atoms with Crippen LogP contribution >= 0.6 is 11.6 Å². The number of hydrogen-bond acceptors (Lipinski definition) is 3. The Balaban J connectivity index is 2.36. The lowest BCUT2D eigenvalue weighted by atomic mass is 10.2. The first-order chi connectivity index (χ1) is 9.05. The molecule has 0 aliphatic carbocycles. The van der Waals surface area contributed by atoms with Gasteiger partial charge in [-0.1, -0.05) is 24.4 Å². The van der Waals surface area contributed by atoms with Gasteiger partial charge in [0.2, 0.25) is 10.0 Å². The molecule has 1 aromatic carbocycles. The summed E-state index contributed by atoms with van der Waals surface area (Å²) in [5.74, 6) is 0. The summed E-state index contributed by atoms with van der Waals surface area (Å²) in [7, 11) is -3.55. The van der Waals surface area contributed by atoms with E-state index in [1.807, 2.05) is 6.07 Å². The SMILES string of the molecule is N#Cc1ccc(S(=O)(=O)N2CCCCCC2)c(Cl)c1. The molecule has 1 saturated heterocycles. The second-order valence-corrected chi connectivity index (χ2v) is 6.89. The standard InChI is InChI=1S/C13H15ClN2O2S/c14-12-9-11(10-15)5-6-13(12)19(17,18)16-7-3-1-2-4-8-16/h5-6,9H,1-4,7-8H2. The zero-order chi connectivity index (χ0) is 13.9. The van der Waals surface area contributed by atoms with Crippen LogP contribution in [0.15, 0.2) is 23.1 Å². The van der Waals surface area contributed by atoms with Crippen LogP contribution in [-0.2, 0) is 10.0 Å². The molecular formula is C13H15ClN2O2S. The third-order valence-electron chi connectivity index (χ3n) is 3.24. The van der Waals surface area contributed by atoms with Gasteiger partial charge in [0.1, 0.15) is 4.90 Å². The molecule has 0 unspecified atom stereocenters. The van der Waals surface area contributed by atoms with Crippen molar-refractivity contribution in [3.63, 3.8) is 0 Å². The molecule has 0 bridgehead atoms. The van der Waals surface area contributed by atoms with Gasteiger partial charge in [-0.3, -0.25) is 0 Å². The number of nitriles is 1. The molecule has 4 nitrogen and oxygen atoms in total. The number of nitrogens with zero attached hydrogens (tertiary/aromatic N) is 2. The fraction of sp³-hybridized carbons (Fsp3) is 0.462. The number of sulfonamides is 1. The van der Waals surface area contributed by atoms with Gasteiger partial charge < -0.3 is 0 Å². The Labute approximate surface area is 118 Å². The first kappa shape index (κ1) is 14.3. The summed E-state index contributed by atoms with van der Waals surface area (Å²) in [6, 6.07) is 6.24. The molecule has 0 radical (unpaired) electrons. The number of hydrogen-bond donors (Lipinski definition) is 0. The molecule has 2 rings (SSSR count). The maximum absolute atomic E-state index is 12.5. The maximum atomic E-state index is 12.5. The van der Waals surface area contributed by atoms with E-state index in [0.717, 1.165) is 25.7 Å². The van der Waals surface area contributed by atoms with Crippen molar-refractivity contribution >= 4 is 21.6 Å². The Morgan fingerprint density at radius 1 is 1.16 bits per heavy atom. The van der Waals surface area contributed by atoms with Crippen molar-refractivity contribution in [1.82, 2.24) is 4.31 Å². The van der Waals surface area contributed by atoms with Crippen molar-refractivity contribution in [2.45, 2.75) is 30.6 Å². The molecule has 6 heteroatoms. The minimum atomic E-state index is -3.55. The first-order valence-corrected chi connectivity index (χ1v) is 8.07. The van der Waals surface area contributed by atoms with Crippen molar-refractivity contribution in [1.29, 1.82) is 5.26 Å². The average Bonchev–Trinajstić information content (AvgIpc) is 2.67. The number of rotatable bonds is 2. The maximum Gasteiger partial charge on any atom is 0.244 e. The Morgan fingerprint density at radius 2 is 1.79 bits per heavy atom. The highest BCUT2D eigenvalue weighted by Crippen LogP contribution is 2.27. The summed E-state index contributed by atoms with van der Waals surface area (Å²) in [4.78, 5) is 0.0927. The van der Waals surface area contributed by atoms with Gasteiger partial charge in [0.15, 0.2) is 0 Å². The summed E-state index contributed by atoms with van der Waals surface area (Å²) in [5.41, 5.74) is 0.361. The van der Waals surface area contributed by atoms with Crippen molar-refractivity contribution in [2.24, 2.45) is 0 Å². The van der Waals surface area contributed by atoms with Crippen LogP contribution in [0.5, 0.6) is 0 Å². The van der Waals surface area contributed by atoms with Gasteiger partial charge >= 0.3 is 0 Å². The smallest absolute Gasteiger partial charge is 0.207 e. The molecule has 1 aliphatic rings. The molecule has 19 heavy (non-hydrogen) atoms. The Kier molecular flexibility index (Phi) is 4.46. The zero-order valence-electron chi connectivity index (χ0n) is 10.5. The van der Waals surface area contributed by atoms with Crippen LogP contribution in [0, 0.1) is 11.3 Å². The second kappa shape index (κ2) is 5.91. The first-order valence-electron chi connectivity index (χ1n) is 6.25. The van der Waals surface area contributed by atoms with Crippen molar-refractivity contribution in [3.8, 4) is 6.07 Å². The minimum Gasteiger partial charge on any atom is -0.207 e. The molecule has 1 aliphatic heterocycles. The van der Waals surface area contributed by atoms with E-state index in [9.17, 15) is 8.42 Å². The second-order valence-electron chi connectivity index (χ2n) is 4.58. The van der Waals surface area contributed by atoms with Gasteiger partial charge in [-0.25, -0.2) is 8.42 Å². The van der Waals surface area contributed by atoms with Crippen LogP contribution in [0.25, 0.3) is 0 Å². The van der Waals surface area contributed by atoms with E-state index < -0.39 is 10.0 Å². The third-order valence-corrected chi connectivity index (χ3v) is 5.63. The van der Waals surface area contributed by atoms with Crippen LogP contribution in [0.1, 0.15) is 31.2 Å². The molecule has 0 aromatic heterocycles. The number of benzene rings is 1. The van der Waals surface area contributed by atoms with E-state index in [1.165, 1.54) is 22.5 Å². The summed E-state index contributed by atoms with van der Waals surface area (Å²) < 4.78 is 26.5. The Morgan fingerprint density at radius 3 is 2.32 bits per heavy atom. The molecule has 1 heterocycles. The highest BCUT2D eigenvalue weighted by molar-refractivity contribution is 7.89. The summed E-state index contributed by atoms with van der Waals surface area (Å²) in [6.07, 6.45) is 3.89. The molecule has 1 aromatic rings. The monoisotopic (exact) mass is 298 g/mol. The lowest BCUT2D eigenvalue weighted by molar-refractivity contribution is 0.424. The summed E-state index contributed by atoms with van der Waals surface area (Å²) in [6.45, 7) is 1.08. The zero-order valence-corrected chi connectivity index (χ0v) is 12.0. The Hall–Kier alpha value is -1.09. The van der Waals surface area contributed by atoms with E-state index in [2.05, 4.69) is 0 Å². The Bertz CT molecular complexity index is 600. The van der Waals surface area contributed by atoms with E-state index in [1.54, 1.807) is 0 Å². The van der Waals surface area contributed by atoms with E-state index in [-0.39, 0.29) is 9.92 Å². The molecule has 0 N–H and O–H groups in total. The summed E-state index contributed by atoms with van der Waals surface area (Å²) >= 11 is 6.00. The van der Waals surface area contributed by atoms with Crippen molar-refractivity contribution in [2.75, 3.05) is 13.1 Å². The van der Waals surface area contributed by atoms with Crippen molar-refractivity contribution < 1.29 is 8.42 Å². The molecule has 102 valence electrons. The molecule has 0 spiro atoms. The average molecular weight is 299 g/mol. The predicted molar refractivity (Wildman–Crippen MR) is 73.4 cm³/mol. The predicted octanol–water partition coefficient (Wildman–Crippen LogP) is 2.78. The fourth-order valence-corrected chi connectivity index (χ4v) is 4.24. The molecule has 0 amide bonds. The highest BCUT2D eigenvalue weighted by Gasteiger charge is 2.27. The molecule has 1 fully saturated rings. The van der Waals surface area contributed by atoms with Crippen LogP contribution in [-0.4, -0.2) is 25.8 Å². The lowest BCUT2D eigenvalue weighted by Gasteiger charge is -2.20. The van der Waals surface area contributed by atoms with Gasteiger partial charge in [-0.15, -0.1) is 0 Å². The number of halogens is 1. The van der Waals surface area contributed by atoms with Crippen LogP contribution in [0.4, 0.5) is 0 Å². The van der Waals surface area contributed by atoms with E-state index in [4.69, 9.17) is 16.9 Å². The van der Waals surface area contributed by atoms with E-state index in [0.29, 0.717) is 18.7 Å². The minimum absolute atomic E-state index is 0.0927. The largest absolute Gasteiger partial charge is 0.244 e. The summed E-state index contributed by atoms with van der Waals surface area (Å²) in [5, 5.41) is 8.89. The molecule has 0 atom stereocenters. The normalized spacial score (nSPS) is 17.7. The van der Waals surface area contributed by atoms with Gasteiger partial charge in [0, 0.05) is 13.1 Å². The molecular weight excluding hydrogens is 284 g/mol. The lowest BCUT2D eigenvalue weighted by Crippen LogP contribution is -2.32. The van der Waals surface area contributed by atoms with Gasteiger partial charge in [-0.05, 0) is 31.0 Å². The van der Waals surface area contributed by atoms with Gasteiger partial charge in [-0.2, -0.15) is 9.57 Å². The quantitative estimate of drug-likeness (QED) is 0.843. The van der Waals surface area contributed by atoms with Crippen LogP contribution < -0.4 is 0 Å². The van der Waals surface area contributed by atoms with Gasteiger partial charge in [0.05, 0.1) is 16.7 Å².